The van der Waals surface area contributed by atoms with E-state index in [0.29, 0.717) is 17.4 Å². The number of hydrogen-bond acceptors (Lipinski definition) is 5. The summed E-state index contributed by atoms with van der Waals surface area (Å²) >= 11 is 0. The number of benzene rings is 1. The van der Waals surface area contributed by atoms with Crippen LogP contribution in [0.15, 0.2) is 53.6 Å². The maximum atomic E-state index is 12.4. The third kappa shape index (κ3) is 2.87. The second kappa shape index (κ2) is 6.33. The van der Waals surface area contributed by atoms with E-state index in [0.717, 1.165) is 0 Å². The molecule has 24 heavy (non-hydrogen) atoms. The van der Waals surface area contributed by atoms with Gasteiger partial charge in [-0.25, -0.2) is 0 Å². The fraction of sp³-hybridized carbons (Fsp3) is 0.0588. The molecule has 3 aromatic rings. The summed E-state index contributed by atoms with van der Waals surface area (Å²) in [5.74, 6) is -0.638. The molecule has 2 aromatic heterocycles. The van der Waals surface area contributed by atoms with Crippen LogP contribution in [0.2, 0.25) is 0 Å². The van der Waals surface area contributed by atoms with Crippen LogP contribution >= 0.6 is 0 Å². The molecule has 0 spiro atoms. The summed E-state index contributed by atoms with van der Waals surface area (Å²) in [6.45, 7) is 0. The quantitative estimate of drug-likeness (QED) is 0.627. The standard InChI is InChI=1S/C17H13N3O4/c21-9-14(10-3-5-11(22)6-4-10)20-17(24)12-8-19-13-2-1-7-18-15(13)16(12)23/h1-9,14,22H,(H,19,23)(H,20,24). The number of aromatic nitrogens is 2. The third-order valence-electron chi connectivity index (χ3n) is 3.56. The first-order valence-electron chi connectivity index (χ1n) is 7.11. The van der Waals surface area contributed by atoms with Gasteiger partial charge in [-0.15, -0.1) is 0 Å². The average Bonchev–Trinajstić information content (AvgIpc) is 2.61. The van der Waals surface area contributed by atoms with Gasteiger partial charge in [0.05, 0.1) is 5.52 Å². The summed E-state index contributed by atoms with van der Waals surface area (Å²) in [6.07, 6.45) is 3.31. The molecule has 7 nitrogen and oxygen atoms in total. The molecule has 0 radical (unpaired) electrons. The molecule has 0 aliphatic carbocycles. The number of pyridine rings is 2. The molecule has 1 amide bonds. The van der Waals surface area contributed by atoms with Crippen molar-refractivity contribution in [3.05, 3.63) is 70.1 Å². The highest BCUT2D eigenvalue weighted by Gasteiger charge is 2.18. The van der Waals surface area contributed by atoms with Crippen LogP contribution in [0.5, 0.6) is 5.75 Å². The molecule has 0 fully saturated rings. The predicted molar refractivity (Wildman–Crippen MR) is 86.7 cm³/mol. The van der Waals surface area contributed by atoms with Gasteiger partial charge in [0, 0.05) is 12.4 Å². The van der Waals surface area contributed by atoms with Crippen molar-refractivity contribution in [3.8, 4) is 5.75 Å². The van der Waals surface area contributed by atoms with E-state index in [2.05, 4.69) is 15.3 Å². The molecule has 0 aliphatic heterocycles. The van der Waals surface area contributed by atoms with Crippen molar-refractivity contribution < 1.29 is 14.7 Å². The molecule has 3 N–H and O–H groups in total. The zero-order chi connectivity index (χ0) is 17.1. The van der Waals surface area contributed by atoms with Crippen molar-refractivity contribution in [3.63, 3.8) is 0 Å². The average molecular weight is 323 g/mol. The van der Waals surface area contributed by atoms with Crippen LogP contribution in [0.25, 0.3) is 11.0 Å². The van der Waals surface area contributed by atoms with E-state index in [1.165, 1.54) is 36.7 Å². The van der Waals surface area contributed by atoms with Crippen molar-refractivity contribution in [2.45, 2.75) is 6.04 Å². The Morgan fingerprint density at radius 1 is 1.25 bits per heavy atom. The highest BCUT2D eigenvalue weighted by atomic mass is 16.3. The van der Waals surface area contributed by atoms with Gasteiger partial charge in [0.15, 0.2) is 0 Å². The van der Waals surface area contributed by atoms with Crippen molar-refractivity contribution in [1.29, 1.82) is 0 Å². The largest absolute Gasteiger partial charge is 0.508 e. The lowest BCUT2D eigenvalue weighted by atomic mass is 10.1. The van der Waals surface area contributed by atoms with Crippen molar-refractivity contribution in [1.82, 2.24) is 15.3 Å². The second-order valence-corrected chi connectivity index (χ2v) is 5.11. The van der Waals surface area contributed by atoms with E-state index in [1.807, 2.05) is 0 Å². The molecule has 0 saturated carbocycles. The monoisotopic (exact) mass is 323 g/mol. The van der Waals surface area contributed by atoms with E-state index in [1.54, 1.807) is 12.1 Å². The molecular weight excluding hydrogens is 310 g/mol. The fourth-order valence-electron chi connectivity index (χ4n) is 2.31. The number of amides is 1. The topological polar surface area (TPSA) is 112 Å². The molecule has 0 bridgehead atoms. The number of phenols is 1. The Morgan fingerprint density at radius 3 is 2.71 bits per heavy atom. The third-order valence-corrected chi connectivity index (χ3v) is 3.56. The number of aromatic hydroxyl groups is 1. The molecular formula is C17H13N3O4. The number of aromatic amines is 1. The summed E-state index contributed by atoms with van der Waals surface area (Å²) in [4.78, 5) is 42.8. The number of rotatable bonds is 4. The number of carbonyl (C=O) groups is 2. The first kappa shape index (κ1) is 15.4. The van der Waals surface area contributed by atoms with Gasteiger partial charge in [-0.1, -0.05) is 12.1 Å². The van der Waals surface area contributed by atoms with Gasteiger partial charge >= 0.3 is 0 Å². The van der Waals surface area contributed by atoms with Gasteiger partial charge in [-0.2, -0.15) is 0 Å². The van der Waals surface area contributed by atoms with Gasteiger partial charge in [0.1, 0.15) is 29.2 Å². The van der Waals surface area contributed by atoms with Gasteiger partial charge in [0.25, 0.3) is 5.91 Å². The van der Waals surface area contributed by atoms with E-state index in [-0.39, 0.29) is 16.8 Å². The zero-order valence-electron chi connectivity index (χ0n) is 12.4. The first-order valence-corrected chi connectivity index (χ1v) is 7.11. The molecule has 1 unspecified atom stereocenters. The van der Waals surface area contributed by atoms with Crippen LogP contribution in [-0.4, -0.2) is 27.3 Å². The van der Waals surface area contributed by atoms with Crippen molar-refractivity contribution in [2.75, 3.05) is 0 Å². The van der Waals surface area contributed by atoms with E-state index >= 15 is 0 Å². The van der Waals surface area contributed by atoms with Crippen molar-refractivity contribution >= 4 is 23.2 Å². The second-order valence-electron chi connectivity index (χ2n) is 5.11. The Morgan fingerprint density at radius 2 is 2.00 bits per heavy atom. The number of carbonyl (C=O) groups excluding carboxylic acids is 2. The molecule has 2 heterocycles. The summed E-state index contributed by atoms with van der Waals surface area (Å²) in [6, 6.07) is 8.26. The normalized spacial score (nSPS) is 11.8. The van der Waals surface area contributed by atoms with Crippen molar-refractivity contribution in [2.24, 2.45) is 0 Å². The smallest absolute Gasteiger partial charge is 0.257 e. The lowest BCUT2D eigenvalue weighted by Crippen LogP contribution is -2.33. The lowest BCUT2D eigenvalue weighted by Gasteiger charge is -2.13. The lowest BCUT2D eigenvalue weighted by molar-refractivity contribution is -0.109. The summed E-state index contributed by atoms with van der Waals surface area (Å²) in [5, 5.41) is 11.8. The predicted octanol–water partition coefficient (Wildman–Crippen LogP) is 1.30. The fourth-order valence-corrected chi connectivity index (χ4v) is 2.31. The van der Waals surface area contributed by atoms with Gasteiger partial charge in [-0.05, 0) is 29.8 Å². The molecule has 7 heteroatoms. The van der Waals surface area contributed by atoms with Gasteiger partial charge in [-0.3, -0.25) is 14.6 Å². The van der Waals surface area contributed by atoms with E-state index in [4.69, 9.17) is 0 Å². The first-order chi connectivity index (χ1) is 11.6. The van der Waals surface area contributed by atoms with Crippen LogP contribution in [0.3, 0.4) is 0 Å². The van der Waals surface area contributed by atoms with Gasteiger partial charge in [0.2, 0.25) is 5.43 Å². The van der Waals surface area contributed by atoms with Crippen LogP contribution in [-0.2, 0) is 4.79 Å². The molecule has 0 aliphatic rings. The number of fused-ring (bicyclic) bond motifs is 1. The molecule has 1 aromatic carbocycles. The number of aldehydes is 1. The van der Waals surface area contributed by atoms with Crippen LogP contribution in [0, 0.1) is 0 Å². The molecule has 0 saturated heterocycles. The highest BCUT2D eigenvalue weighted by molar-refractivity contribution is 5.97. The number of nitrogens with zero attached hydrogens (tertiary/aromatic N) is 1. The number of phenolic OH excluding ortho intramolecular Hbond substituents is 1. The Kier molecular flexibility index (Phi) is 4.07. The molecule has 1 atom stereocenters. The van der Waals surface area contributed by atoms with Gasteiger partial charge < -0.3 is 20.2 Å². The minimum atomic E-state index is -0.933. The van der Waals surface area contributed by atoms with Crippen LogP contribution < -0.4 is 10.7 Å². The Hall–Kier alpha value is -3.48. The Balaban J connectivity index is 1.91. The number of hydrogen-bond donors (Lipinski definition) is 3. The highest BCUT2D eigenvalue weighted by Crippen LogP contribution is 2.16. The molecule has 120 valence electrons. The summed E-state index contributed by atoms with van der Waals surface area (Å²) in [5.41, 5.74) is 0.512. The minimum absolute atomic E-state index is 0.0479. The number of nitrogens with one attached hydrogen (secondary N) is 2. The molecule has 3 rings (SSSR count). The Labute approximate surface area is 136 Å². The van der Waals surface area contributed by atoms with Crippen LogP contribution in [0.1, 0.15) is 22.0 Å². The minimum Gasteiger partial charge on any atom is -0.508 e. The van der Waals surface area contributed by atoms with E-state index in [9.17, 15) is 19.5 Å². The Bertz CT molecular complexity index is 963. The maximum absolute atomic E-state index is 12.4. The maximum Gasteiger partial charge on any atom is 0.257 e. The van der Waals surface area contributed by atoms with Crippen LogP contribution in [0.4, 0.5) is 0 Å². The van der Waals surface area contributed by atoms with E-state index < -0.39 is 17.4 Å². The zero-order valence-corrected chi connectivity index (χ0v) is 12.4. The summed E-state index contributed by atoms with van der Waals surface area (Å²) in [7, 11) is 0. The SMILES string of the molecule is O=CC(NC(=O)c1c[nH]c2cccnc2c1=O)c1ccc(O)cc1. The number of H-pyrrole nitrogens is 1. The summed E-state index contributed by atoms with van der Waals surface area (Å²) < 4.78 is 0.